The molecule has 0 bridgehead atoms. The number of carbonyl (C=O) groups is 1. The molecule has 4 N–H and O–H groups in total. The Balaban J connectivity index is 0.000000185. The molecular weight excluding hydrogens is 700 g/mol. The van der Waals surface area contributed by atoms with Crippen LogP contribution in [-0.4, -0.2) is 40.3 Å². The molecule has 0 saturated heterocycles. The Labute approximate surface area is 318 Å². The molecule has 0 aliphatic rings. The lowest BCUT2D eigenvalue weighted by atomic mass is 10.0. The minimum atomic E-state index is -0.246. The van der Waals surface area contributed by atoms with Gasteiger partial charge in [-0.15, -0.1) is 0 Å². The number of fused-ring (bicyclic) bond motifs is 1. The van der Waals surface area contributed by atoms with E-state index in [1.807, 2.05) is 105 Å². The summed E-state index contributed by atoms with van der Waals surface area (Å²) in [5.74, 6) is 2.63. The summed E-state index contributed by atoms with van der Waals surface area (Å²) in [6.45, 7) is 5.39. The Morgan fingerprint density at radius 3 is 1.98 bits per heavy atom. The van der Waals surface area contributed by atoms with Crippen molar-refractivity contribution in [2.75, 3.05) is 30.2 Å². The standard InChI is InChI=1S/C22H18ClN3O2.C20H19N5O/c1-14-6-4-5-7-20(14)26(15(2)27)22-21(23)18(12-24)19(13-25-22)16-8-10-17(28-3)11-9-16;1-12-5-3-4-6-16(12)23-20-18-17(19(21)25-24-18)15(11-22-20)13-7-9-14(26-2)10-8-13/h4-11,13H,1-3H3;3-11H,1-2H3,(H,22,23)(H3,21,24,25). The molecule has 0 unspecified atom stereocenters. The summed E-state index contributed by atoms with van der Waals surface area (Å²) in [6, 6.07) is 32.7. The molecule has 11 nitrogen and oxygen atoms in total. The third-order valence-electron chi connectivity index (χ3n) is 8.82. The van der Waals surface area contributed by atoms with Crippen LogP contribution in [0.2, 0.25) is 5.02 Å². The number of rotatable bonds is 8. The molecule has 0 aliphatic heterocycles. The number of aromatic nitrogens is 4. The highest BCUT2D eigenvalue weighted by atomic mass is 35.5. The predicted octanol–water partition coefficient (Wildman–Crippen LogP) is 9.54. The molecule has 3 aromatic heterocycles. The lowest BCUT2D eigenvalue weighted by Crippen LogP contribution is -2.25. The maximum Gasteiger partial charge on any atom is 0.229 e. The van der Waals surface area contributed by atoms with Crippen molar-refractivity contribution >= 4 is 57.2 Å². The monoisotopic (exact) mass is 736 g/mol. The summed E-state index contributed by atoms with van der Waals surface area (Å²) < 4.78 is 10.4. The summed E-state index contributed by atoms with van der Waals surface area (Å²) in [4.78, 5) is 22.9. The molecule has 54 heavy (non-hydrogen) atoms. The molecule has 7 aromatic rings. The fourth-order valence-electron chi connectivity index (χ4n) is 5.96. The summed E-state index contributed by atoms with van der Waals surface area (Å²) in [5, 5.41) is 21.3. The number of pyridine rings is 2. The Hall–Kier alpha value is -6.90. The van der Waals surface area contributed by atoms with Crippen molar-refractivity contribution in [1.29, 1.82) is 5.26 Å². The van der Waals surface area contributed by atoms with Crippen LogP contribution in [0.15, 0.2) is 109 Å². The Morgan fingerprint density at radius 1 is 0.833 bits per heavy atom. The SMILES string of the molecule is COc1ccc(-c2cnc(N(C(C)=O)c3ccccc3C)c(Cl)c2C#N)cc1.COc1ccc(-c2cnc(Nc3ccccc3C)c3[nH]nc(N)c23)cc1. The summed E-state index contributed by atoms with van der Waals surface area (Å²) in [6.07, 6.45) is 3.38. The predicted molar refractivity (Wildman–Crippen MR) is 215 cm³/mol. The van der Waals surface area contributed by atoms with E-state index in [0.29, 0.717) is 28.6 Å². The highest BCUT2D eigenvalue weighted by Crippen LogP contribution is 2.39. The van der Waals surface area contributed by atoms with Crippen LogP contribution in [-0.2, 0) is 4.79 Å². The van der Waals surface area contributed by atoms with E-state index in [1.165, 1.54) is 11.8 Å². The topological polar surface area (TPSA) is 155 Å². The number of nitrogens with zero attached hydrogens (tertiary/aromatic N) is 5. The number of para-hydroxylation sites is 2. The Bertz CT molecular complexity index is 2490. The van der Waals surface area contributed by atoms with Crippen LogP contribution in [0.1, 0.15) is 23.6 Å². The fraction of sp³-hybridized carbons (Fsp3) is 0.119. The van der Waals surface area contributed by atoms with Crippen molar-refractivity contribution in [1.82, 2.24) is 20.2 Å². The first kappa shape index (κ1) is 36.9. The lowest BCUT2D eigenvalue weighted by Gasteiger charge is -2.24. The maximum absolute atomic E-state index is 12.4. The number of ether oxygens (including phenoxy) is 2. The van der Waals surface area contributed by atoms with Crippen molar-refractivity contribution in [3.05, 3.63) is 131 Å². The van der Waals surface area contributed by atoms with Gasteiger partial charge in [0.25, 0.3) is 0 Å². The smallest absolute Gasteiger partial charge is 0.229 e. The molecule has 0 spiro atoms. The number of aryl methyl sites for hydroxylation is 2. The summed E-state index contributed by atoms with van der Waals surface area (Å²) in [7, 11) is 3.24. The quantitative estimate of drug-likeness (QED) is 0.138. The molecule has 0 saturated carbocycles. The number of nitrogens with two attached hydrogens (primary N) is 1. The van der Waals surface area contributed by atoms with Gasteiger partial charge in [0.1, 0.15) is 28.1 Å². The van der Waals surface area contributed by atoms with Crippen LogP contribution >= 0.6 is 11.6 Å². The molecule has 3 heterocycles. The van der Waals surface area contributed by atoms with Gasteiger partial charge in [-0.3, -0.25) is 14.8 Å². The summed E-state index contributed by atoms with van der Waals surface area (Å²) in [5.41, 5.74) is 14.2. The zero-order chi connectivity index (χ0) is 38.4. The molecule has 1 amide bonds. The molecule has 0 aliphatic carbocycles. The van der Waals surface area contributed by atoms with Crippen LogP contribution in [0.25, 0.3) is 33.2 Å². The van der Waals surface area contributed by atoms with Gasteiger partial charge < -0.3 is 20.5 Å². The number of H-pyrrole nitrogens is 1. The van der Waals surface area contributed by atoms with Crippen molar-refractivity contribution in [2.24, 2.45) is 0 Å². The van der Waals surface area contributed by atoms with E-state index in [2.05, 4.69) is 31.6 Å². The number of nitrogens with one attached hydrogen (secondary N) is 2. The maximum atomic E-state index is 12.4. The number of nitriles is 1. The van der Waals surface area contributed by atoms with Gasteiger partial charge in [-0.1, -0.05) is 72.3 Å². The number of hydrogen-bond acceptors (Lipinski definition) is 9. The van der Waals surface area contributed by atoms with Crippen LogP contribution in [0.5, 0.6) is 11.5 Å². The molecule has 7 rings (SSSR count). The van der Waals surface area contributed by atoms with Gasteiger partial charge in [-0.05, 0) is 72.5 Å². The highest BCUT2D eigenvalue weighted by Gasteiger charge is 2.24. The van der Waals surface area contributed by atoms with Gasteiger partial charge in [-0.2, -0.15) is 10.4 Å². The van der Waals surface area contributed by atoms with E-state index in [4.69, 9.17) is 26.8 Å². The number of aromatic amines is 1. The van der Waals surface area contributed by atoms with E-state index in [-0.39, 0.29) is 22.3 Å². The number of carbonyl (C=O) groups excluding carboxylic acids is 1. The first-order chi connectivity index (χ1) is 26.1. The van der Waals surface area contributed by atoms with Crippen LogP contribution in [0.3, 0.4) is 0 Å². The second-order valence-corrected chi connectivity index (χ2v) is 12.6. The van der Waals surface area contributed by atoms with Gasteiger partial charge in [0, 0.05) is 36.1 Å². The van der Waals surface area contributed by atoms with Crippen molar-refractivity contribution in [2.45, 2.75) is 20.8 Å². The average molecular weight is 737 g/mol. The molecule has 270 valence electrons. The molecular formula is C42H37ClN8O3. The number of anilines is 5. The van der Waals surface area contributed by atoms with E-state index in [1.54, 1.807) is 32.5 Å². The van der Waals surface area contributed by atoms with Crippen LogP contribution < -0.4 is 25.4 Å². The number of benzene rings is 4. The molecule has 0 fully saturated rings. The van der Waals surface area contributed by atoms with Gasteiger partial charge >= 0.3 is 0 Å². The van der Waals surface area contributed by atoms with E-state index in [0.717, 1.165) is 50.2 Å². The van der Waals surface area contributed by atoms with E-state index >= 15 is 0 Å². The molecule has 12 heteroatoms. The van der Waals surface area contributed by atoms with Gasteiger partial charge in [0.2, 0.25) is 5.91 Å². The number of hydrogen-bond donors (Lipinski definition) is 3. The van der Waals surface area contributed by atoms with E-state index in [9.17, 15) is 10.1 Å². The molecule has 0 atom stereocenters. The first-order valence-corrected chi connectivity index (χ1v) is 17.2. The number of nitrogen functional groups attached to an aromatic ring is 1. The normalized spacial score (nSPS) is 10.5. The van der Waals surface area contributed by atoms with Crippen LogP contribution in [0.4, 0.5) is 28.8 Å². The Kier molecular flexibility index (Phi) is 11.1. The minimum Gasteiger partial charge on any atom is -0.497 e. The van der Waals surface area contributed by atoms with Crippen molar-refractivity contribution in [3.63, 3.8) is 0 Å². The van der Waals surface area contributed by atoms with Gasteiger partial charge in [0.05, 0.1) is 30.9 Å². The van der Waals surface area contributed by atoms with Gasteiger partial charge in [0.15, 0.2) is 17.5 Å². The number of halogens is 1. The first-order valence-electron chi connectivity index (χ1n) is 16.8. The largest absolute Gasteiger partial charge is 0.497 e. The zero-order valence-corrected chi connectivity index (χ0v) is 31.1. The number of amides is 1. The third-order valence-corrected chi connectivity index (χ3v) is 9.18. The third kappa shape index (κ3) is 7.51. The lowest BCUT2D eigenvalue weighted by molar-refractivity contribution is -0.115. The fourth-order valence-corrected chi connectivity index (χ4v) is 6.24. The van der Waals surface area contributed by atoms with Gasteiger partial charge in [-0.25, -0.2) is 9.97 Å². The second kappa shape index (κ2) is 16.2. The van der Waals surface area contributed by atoms with E-state index < -0.39 is 0 Å². The average Bonchev–Trinajstić information content (AvgIpc) is 3.59. The van der Waals surface area contributed by atoms with Crippen molar-refractivity contribution < 1.29 is 14.3 Å². The van der Waals surface area contributed by atoms with Crippen molar-refractivity contribution in [3.8, 4) is 39.8 Å². The zero-order valence-electron chi connectivity index (χ0n) is 30.3. The number of methoxy groups -OCH3 is 2. The summed E-state index contributed by atoms with van der Waals surface area (Å²) >= 11 is 6.56. The van der Waals surface area contributed by atoms with Crippen LogP contribution in [0, 0.1) is 25.2 Å². The molecule has 4 aromatic carbocycles. The highest BCUT2D eigenvalue weighted by molar-refractivity contribution is 6.35. The Morgan fingerprint density at radius 2 is 1.41 bits per heavy atom. The minimum absolute atomic E-state index is 0.134. The second-order valence-electron chi connectivity index (χ2n) is 12.2. The molecule has 0 radical (unpaired) electrons.